The van der Waals surface area contributed by atoms with Gasteiger partial charge in [0.15, 0.2) is 5.96 Å². The lowest BCUT2D eigenvalue weighted by atomic mass is 10.0. The molecule has 1 heterocycles. The Morgan fingerprint density at radius 1 is 1.47 bits per heavy atom. The third-order valence-corrected chi connectivity index (χ3v) is 4.09. The predicted molar refractivity (Wildman–Crippen MR) is 83.4 cm³/mol. The van der Waals surface area contributed by atoms with Crippen molar-refractivity contribution in [1.29, 1.82) is 0 Å². The maximum Gasteiger partial charge on any atom is 0.191 e. The molecule has 1 atom stereocenters. The molecule has 2 rings (SSSR count). The van der Waals surface area contributed by atoms with Crippen LogP contribution in [-0.2, 0) is 0 Å². The van der Waals surface area contributed by atoms with Gasteiger partial charge in [0.25, 0.3) is 0 Å². The highest BCUT2D eigenvalue weighted by atomic mass is 79.9. The molecule has 0 bridgehead atoms. The lowest BCUT2D eigenvalue weighted by Gasteiger charge is -2.28. The summed E-state index contributed by atoms with van der Waals surface area (Å²) in [6, 6.07) is 6.70. The van der Waals surface area contributed by atoms with Crippen molar-refractivity contribution in [1.82, 2.24) is 9.80 Å². The van der Waals surface area contributed by atoms with Gasteiger partial charge < -0.3 is 15.5 Å². The van der Waals surface area contributed by atoms with E-state index < -0.39 is 0 Å². The van der Waals surface area contributed by atoms with Crippen molar-refractivity contribution in [2.75, 3.05) is 33.7 Å². The van der Waals surface area contributed by atoms with Crippen molar-refractivity contribution in [3.63, 3.8) is 0 Å². The molecule has 0 saturated heterocycles. The summed E-state index contributed by atoms with van der Waals surface area (Å²) in [7, 11) is 4.14. The molecule has 0 fully saturated rings. The van der Waals surface area contributed by atoms with Crippen molar-refractivity contribution in [2.24, 2.45) is 10.7 Å². The molecule has 0 spiro atoms. The number of likely N-dealkylation sites (N-methyl/N-ethyl adjacent to an activating group) is 1. The average molecular weight is 325 g/mol. The van der Waals surface area contributed by atoms with Crippen LogP contribution in [0.5, 0.6) is 0 Å². The number of guanidine groups is 1. The van der Waals surface area contributed by atoms with Gasteiger partial charge in [-0.2, -0.15) is 0 Å². The third kappa shape index (κ3) is 3.28. The van der Waals surface area contributed by atoms with E-state index in [1.54, 1.807) is 0 Å². The van der Waals surface area contributed by atoms with Gasteiger partial charge in [-0.3, -0.25) is 4.99 Å². The van der Waals surface area contributed by atoms with Crippen molar-refractivity contribution < 1.29 is 0 Å². The molecule has 1 aliphatic heterocycles. The van der Waals surface area contributed by atoms with Crippen LogP contribution in [0.1, 0.15) is 17.2 Å². The van der Waals surface area contributed by atoms with Crippen LogP contribution in [0.3, 0.4) is 0 Å². The number of rotatable bonds is 4. The van der Waals surface area contributed by atoms with Gasteiger partial charge in [0.1, 0.15) is 0 Å². The van der Waals surface area contributed by atoms with Crippen LogP contribution >= 0.6 is 15.9 Å². The molecule has 0 radical (unpaired) electrons. The number of nitrogens with two attached hydrogens (primary N) is 1. The number of hydrogen-bond donors (Lipinski definition) is 1. The first kappa shape index (κ1) is 14.3. The van der Waals surface area contributed by atoms with E-state index >= 15 is 0 Å². The summed E-state index contributed by atoms with van der Waals surface area (Å²) in [6.45, 7) is 4.70. The fourth-order valence-electron chi connectivity index (χ4n) is 2.28. The highest BCUT2D eigenvalue weighted by molar-refractivity contribution is 9.10. The van der Waals surface area contributed by atoms with Crippen molar-refractivity contribution in [3.8, 4) is 0 Å². The van der Waals surface area contributed by atoms with Gasteiger partial charge in [0.05, 0.1) is 12.6 Å². The second-order valence-electron chi connectivity index (χ2n) is 5.24. The molecule has 1 unspecified atom stereocenters. The molecule has 0 saturated carbocycles. The molecule has 1 aliphatic rings. The van der Waals surface area contributed by atoms with E-state index in [9.17, 15) is 0 Å². The Balaban J connectivity index is 2.19. The minimum absolute atomic E-state index is 0.245. The minimum Gasteiger partial charge on any atom is -0.370 e. The molecule has 1 aromatic carbocycles. The molecule has 0 aromatic heterocycles. The van der Waals surface area contributed by atoms with Gasteiger partial charge in [-0.15, -0.1) is 0 Å². The molecule has 0 amide bonds. The molecule has 5 heteroatoms. The summed E-state index contributed by atoms with van der Waals surface area (Å²) in [6.07, 6.45) is 0. The summed E-state index contributed by atoms with van der Waals surface area (Å²) < 4.78 is 1.14. The molecule has 0 aliphatic carbocycles. The quantitative estimate of drug-likeness (QED) is 0.921. The van der Waals surface area contributed by atoms with E-state index in [-0.39, 0.29) is 6.04 Å². The lowest BCUT2D eigenvalue weighted by Crippen LogP contribution is -2.40. The van der Waals surface area contributed by atoms with E-state index in [0.717, 1.165) is 24.1 Å². The fraction of sp³-hybridized carbons (Fsp3) is 0.500. The van der Waals surface area contributed by atoms with Crippen molar-refractivity contribution >= 4 is 21.9 Å². The first-order valence-corrected chi connectivity index (χ1v) is 7.25. The largest absolute Gasteiger partial charge is 0.370 e. The van der Waals surface area contributed by atoms with E-state index in [0.29, 0.717) is 5.96 Å². The standard InChI is InChI=1S/C14H21BrN4/c1-10-4-5-11(12(15)8-10)13-9-17-14(16)19(13)7-6-18(2)3/h4-5,8,13H,6-7,9H2,1-3H3,(H2,16,17). The fourth-order valence-corrected chi connectivity index (χ4v) is 3.03. The molecular weight excluding hydrogens is 304 g/mol. The predicted octanol–water partition coefficient (Wildman–Crippen LogP) is 1.99. The molecule has 1 aromatic rings. The normalized spacial score (nSPS) is 19.1. The van der Waals surface area contributed by atoms with Gasteiger partial charge >= 0.3 is 0 Å². The van der Waals surface area contributed by atoms with Crippen LogP contribution in [-0.4, -0.2) is 49.5 Å². The second-order valence-corrected chi connectivity index (χ2v) is 6.09. The zero-order chi connectivity index (χ0) is 14.0. The smallest absolute Gasteiger partial charge is 0.191 e. The molecule has 2 N–H and O–H groups in total. The Labute approximate surface area is 123 Å². The summed E-state index contributed by atoms with van der Waals surface area (Å²) in [5.41, 5.74) is 8.53. The number of hydrogen-bond acceptors (Lipinski definition) is 4. The molecular formula is C14H21BrN4. The Morgan fingerprint density at radius 3 is 2.84 bits per heavy atom. The first-order chi connectivity index (χ1) is 8.99. The summed E-state index contributed by atoms with van der Waals surface area (Å²) in [4.78, 5) is 8.75. The van der Waals surface area contributed by atoms with Gasteiger partial charge in [-0.25, -0.2) is 0 Å². The highest BCUT2D eigenvalue weighted by Gasteiger charge is 2.28. The van der Waals surface area contributed by atoms with E-state index in [2.05, 4.69) is 69.9 Å². The van der Waals surface area contributed by atoms with Crippen molar-refractivity contribution in [3.05, 3.63) is 33.8 Å². The average Bonchev–Trinajstić information content (AvgIpc) is 2.68. The van der Waals surface area contributed by atoms with Crippen molar-refractivity contribution in [2.45, 2.75) is 13.0 Å². The van der Waals surface area contributed by atoms with Crippen LogP contribution in [0.4, 0.5) is 0 Å². The zero-order valence-corrected chi connectivity index (χ0v) is 13.3. The number of halogens is 1. The topological polar surface area (TPSA) is 44.9 Å². The van der Waals surface area contributed by atoms with E-state index in [1.165, 1.54) is 11.1 Å². The highest BCUT2D eigenvalue weighted by Crippen LogP contribution is 2.31. The Kier molecular flexibility index (Phi) is 4.47. The number of aryl methyl sites for hydroxylation is 1. The number of benzene rings is 1. The van der Waals surface area contributed by atoms with Crippen LogP contribution in [0, 0.1) is 6.92 Å². The number of aliphatic imine (C=N–C) groups is 1. The molecule has 19 heavy (non-hydrogen) atoms. The third-order valence-electron chi connectivity index (χ3n) is 3.40. The van der Waals surface area contributed by atoms with Gasteiger partial charge in [-0.1, -0.05) is 28.1 Å². The van der Waals surface area contributed by atoms with E-state index in [1.807, 2.05) is 0 Å². The van der Waals surface area contributed by atoms with Crippen LogP contribution in [0.25, 0.3) is 0 Å². The number of nitrogens with zero attached hydrogens (tertiary/aromatic N) is 3. The summed E-state index contributed by atoms with van der Waals surface area (Å²) >= 11 is 3.66. The SMILES string of the molecule is Cc1ccc(C2CN=C(N)N2CCN(C)C)c(Br)c1. The van der Waals surface area contributed by atoms with Gasteiger partial charge in [0, 0.05) is 17.6 Å². The summed E-state index contributed by atoms with van der Waals surface area (Å²) in [5, 5.41) is 0. The minimum atomic E-state index is 0.245. The Hall–Kier alpha value is -1.07. The first-order valence-electron chi connectivity index (χ1n) is 6.46. The van der Waals surface area contributed by atoms with Crippen LogP contribution in [0.15, 0.2) is 27.7 Å². The summed E-state index contributed by atoms with van der Waals surface area (Å²) in [5.74, 6) is 0.652. The molecule has 104 valence electrons. The Bertz CT molecular complexity index is 484. The van der Waals surface area contributed by atoms with Crippen LogP contribution < -0.4 is 5.73 Å². The zero-order valence-electron chi connectivity index (χ0n) is 11.7. The van der Waals surface area contributed by atoms with Gasteiger partial charge in [-0.05, 0) is 38.2 Å². The molecule has 4 nitrogen and oxygen atoms in total. The maximum atomic E-state index is 6.02. The monoisotopic (exact) mass is 324 g/mol. The van der Waals surface area contributed by atoms with Crippen LogP contribution in [0.2, 0.25) is 0 Å². The van der Waals surface area contributed by atoms with E-state index in [4.69, 9.17) is 5.73 Å². The maximum absolute atomic E-state index is 6.02. The second kappa shape index (κ2) is 5.92. The lowest BCUT2D eigenvalue weighted by molar-refractivity contribution is 0.292. The Morgan fingerprint density at radius 2 is 2.21 bits per heavy atom. The van der Waals surface area contributed by atoms with Gasteiger partial charge in [0.2, 0.25) is 0 Å².